The van der Waals surface area contributed by atoms with Gasteiger partial charge in [0.1, 0.15) is 23.2 Å². The number of fused-ring (bicyclic) bond motifs is 6. The standard InChI is InChI=1S/C45H29N3OS/c1-3-12-28(13-4-1)30-16-9-17-31(26-30)43-46-44(48-45(47-43)36-20-10-22-38-41(36)34-18-7-8-21-37(34)49-38)32-24-25-35-40(27-32)50-39-23-11-19-33(42(35)39)29-14-5-2-6-15-29/h1-27,43H,(H,46,47,48). The number of amidine groups is 2. The maximum absolute atomic E-state index is 6.28. The van der Waals surface area contributed by atoms with Gasteiger partial charge < -0.3 is 9.73 Å². The van der Waals surface area contributed by atoms with E-state index in [0.717, 1.165) is 50.0 Å². The predicted molar refractivity (Wildman–Crippen MR) is 209 cm³/mol. The molecule has 0 aliphatic carbocycles. The molecule has 1 N–H and O–H groups in total. The van der Waals surface area contributed by atoms with Gasteiger partial charge in [-0.15, -0.1) is 11.3 Å². The Morgan fingerprint density at radius 3 is 2.10 bits per heavy atom. The summed E-state index contributed by atoms with van der Waals surface area (Å²) in [5, 5.41) is 8.36. The summed E-state index contributed by atoms with van der Waals surface area (Å²) in [6.45, 7) is 0. The zero-order chi connectivity index (χ0) is 33.0. The molecule has 9 aromatic rings. The molecule has 0 fully saturated rings. The van der Waals surface area contributed by atoms with Crippen LogP contribution < -0.4 is 5.32 Å². The highest BCUT2D eigenvalue weighted by Gasteiger charge is 2.24. The molecule has 0 radical (unpaired) electrons. The highest BCUT2D eigenvalue weighted by molar-refractivity contribution is 7.26. The third kappa shape index (κ3) is 4.82. The van der Waals surface area contributed by atoms with E-state index < -0.39 is 0 Å². The highest BCUT2D eigenvalue weighted by atomic mass is 32.1. The number of rotatable bonds is 5. The van der Waals surface area contributed by atoms with Crippen LogP contribution in [0.5, 0.6) is 0 Å². The van der Waals surface area contributed by atoms with E-state index in [9.17, 15) is 0 Å². The van der Waals surface area contributed by atoms with Gasteiger partial charge in [0, 0.05) is 42.1 Å². The highest BCUT2D eigenvalue weighted by Crippen LogP contribution is 2.41. The number of nitrogens with one attached hydrogen (secondary N) is 1. The topological polar surface area (TPSA) is 49.9 Å². The molecule has 0 saturated heterocycles. The molecule has 0 spiro atoms. The fourth-order valence-corrected chi connectivity index (χ4v) is 8.37. The number of thiophene rings is 1. The Kier molecular flexibility index (Phi) is 6.71. The summed E-state index contributed by atoms with van der Waals surface area (Å²) >= 11 is 1.82. The minimum Gasteiger partial charge on any atom is -0.456 e. The van der Waals surface area contributed by atoms with Crippen molar-refractivity contribution in [1.82, 2.24) is 5.32 Å². The molecule has 7 aromatic carbocycles. The van der Waals surface area contributed by atoms with Crippen LogP contribution in [0.1, 0.15) is 22.9 Å². The third-order valence-corrected chi connectivity index (χ3v) is 10.7. The summed E-state index contributed by atoms with van der Waals surface area (Å²) in [4.78, 5) is 10.5. The van der Waals surface area contributed by atoms with Crippen molar-refractivity contribution in [2.75, 3.05) is 0 Å². The number of aliphatic imine (C=N–C) groups is 2. The van der Waals surface area contributed by atoms with E-state index in [4.69, 9.17) is 14.4 Å². The fourth-order valence-electron chi connectivity index (χ4n) is 7.20. The Bertz CT molecular complexity index is 2790. The van der Waals surface area contributed by atoms with Crippen molar-refractivity contribution >= 4 is 65.1 Å². The first-order valence-electron chi connectivity index (χ1n) is 16.8. The zero-order valence-electron chi connectivity index (χ0n) is 26.9. The number of hydrogen-bond donors (Lipinski definition) is 1. The lowest BCUT2D eigenvalue weighted by Gasteiger charge is -2.24. The molecule has 236 valence electrons. The van der Waals surface area contributed by atoms with Gasteiger partial charge in [0.25, 0.3) is 0 Å². The molecule has 4 nitrogen and oxygen atoms in total. The minimum atomic E-state index is -0.350. The van der Waals surface area contributed by atoms with Crippen LogP contribution in [0, 0.1) is 0 Å². The summed E-state index contributed by atoms with van der Waals surface area (Å²) in [6.07, 6.45) is -0.350. The van der Waals surface area contributed by atoms with Crippen LogP contribution in [0.25, 0.3) is 64.4 Å². The lowest BCUT2D eigenvalue weighted by atomic mass is 9.99. The molecule has 1 aliphatic rings. The summed E-state index contributed by atoms with van der Waals surface area (Å²) in [5.74, 6) is 1.46. The normalized spacial score (nSPS) is 14.6. The van der Waals surface area contributed by atoms with Crippen molar-refractivity contribution in [3.63, 3.8) is 0 Å². The van der Waals surface area contributed by atoms with E-state index in [1.807, 2.05) is 41.7 Å². The first kappa shape index (κ1) is 28.7. The molecular formula is C45H29N3OS. The van der Waals surface area contributed by atoms with Crippen LogP contribution in [0.15, 0.2) is 178 Å². The number of hydrogen-bond acceptors (Lipinski definition) is 5. The van der Waals surface area contributed by atoms with Crippen LogP contribution in [0.4, 0.5) is 0 Å². The van der Waals surface area contributed by atoms with Crippen molar-refractivity contribution < 1.29 is 4.42 Å². The SMILES string of the molecule is c1ccc(-c2cccc(C3N=C(c4ccc5c(c4)sc4cccc(-c6ccccc6)c45)N=C(c4cccc5oc6ccccc6c45)N3)c2)cc1. The summed E-state index contributed by atoms with van der Waals surface area (Å²) < 4.78 is 8.76. The fraction of sp³-hybridized carbons (Fsp3) is 0.0222. The lowest BCUT2D eigenvalue weighted by molar-refractivity contribution is 0.668. The molecule has 1 unspecified atom stereocenters. The van der Waals surface area contributed by atoms with Gasteiger partial charge >= 0.3 is 0 Å². The van der Waals surface area contributed by atoms with E-state index in [-0.39, 0.29) is 6.17 Å². The Labute approximate surface area is 292 Å². The number of benzene rings is 7. The van der Waals surface area contributed by atoms with Gasteiger partial charge in [-0.3, -0.25) is 0 Å². The van der Waals surface area contributed by atoms with Crippen molar-refractivity contribution in [3.8, 4) is 22.3 Å². The molecule has 0 saturated carbocycles. The Hall–Kier alpha value is -6.30. The summed E-state index contributed by atoms with van der Waals surface area (Å²) in [7, 11) is 0. The van der Waals surface area contributed by atoms with Crippen molar-refractivity contribution in [2.45, 2.75) is 6.17 Å². The maximum Gasteiger partial charge on any atom is 0.159 e. The van der Waals surface area contributed by atoms with Crippen molar-refractivity contribution in [1.29, 1.82) is 0 Å². The van der Waals surface area contributed by atoms with Gasteiger partial charge in [-0.25, -0.2) is 9.98 Å². The Morgan fingerprint density at radius 2 is 1.22 bits per heavy atom. The smallest absolute Gasteiger partial charge is 0.159 e. The van der Waals surface area contributed by atoms with E-state index >= 15 is 0 Å². The van der Waals surface area contributed by atoms with E-state index in [0.29, 0.717) is 5.84 Å². The van der Waals surface area contributed by atoms with Gasteiger partial charge in [-0.2, -0.15) is 0 Å². The van der Waals surface area contributed by atoms with Gasteiger partial charge in [0.15, 0.2) is 5.84 Å². The first-order valence-corrected chi connectivity index (χ1v) is 17.6. The zero-order valence-corrected chi connectivity index (χ0v) is 27.7. The van der Waals surface area contributed by atoms with Crippen LogP contribution >= 0.6 is 11.3 Å². The second kappa shape index (κ2) is 11.7. The van der Waals surface area contributed by atoms with Gasteiger partial charge in [-0.1, -0.05) is 133 Å². The minimum absolute atomic E-state index is 0.350. The van der Waals surface area contributed by atoms with Gasteiger partial charge in [0.2, 0.25) is 0 Å². The second-order valence-electron chi connectivity index (χ2n) is 12.6. The van der Waals surface area contributed by atoms with E-state index in [1.165, 1.54) is 36.9 Å². The molecule has 0 bridgehead atoms. The molecule has 3 heterocycles. The van der Waals surface area contributed by atoms with Crippen LogP contribution in [-0.2, 0) is 0 Å². The second-order valence-corrected chi connectivity index (χ2v) is 13.7. The van der Waals surface area contributed by atoms with Crippen molar-refractivity contribution in [2.24, 2.45) is 9.98 Å². The molecule has 2 aromatic heterocycles. The molecule has 1 aliphatic heterocycles. The lowest BCUT2D eigenvalue weighted by Crippen LogP contribution is -2.33. The Morgan fingerprint density at radius 1 is 0.500 bits per heavy atom. The monoisotopic (exact) mass is 659 g/mol. The first-order chi connectivity index (χ1) is 24.8. The van der Waals surface area contributed by atoms with E-state index in [2.05, 4.69) is 139 Å². The summed E-state index contributed by atoms with van der Waals surface area (Å²) in [6, 6.07) is 57.4. The number of furan rings is 1. The molecule has 5 heteroatoms. The molecule has 1 atom stereocenters. The molecule has 10 rings (SSSR count). The Balaban J connectivity index is 1.14. The maximum atomic E-state index is 6.28. The third-order valence-electron chi connectivity index (χ3n) is 9.55. The largest absolute Gasteiger partial charge is 0.456 e. The quantitative estimate of drug-likeness (QED) is 0.200. The van der Waals surface area contributed by atoms with Crippen LogP contribution in [0.2, 0.25) is 0 Å². The molecular weight excluding hydrogens is 631 g/mol. The predicted octanol–water partition coefficient (Wildman–Crippen LogP) is 11.8. The summed E-state index contributed by atoms with van der Waals surface area (Å²) in [5.41, 5.74) is 9.52. The van der Waals surface area contributed by atoms with E-state index in [1.54, 1.807) is 0 Å². The van der Waals surface area contributed by atoms with Crippen LogP contribution in [0.3, 0.4) is 0 Å². The average Bonchev–Trinajstić information content (AvgIpc) is 3.77. The molecule has 50 heavy (non-hydrogen) atoms. The number of nitrogens with zero attached hydrogens (tertiary/aromatic N) is 2. The van der Waals surface area contributed by atoms with Gasteiger partial charge in [0.05, 0.1) is 0 Å². The number of para-hydroxylation sites is 1. The van der Waals surface area contributed by atoms with Gasteiger partial charge in [-0.05, 0) is 58.1 Å². The average molecular weight is 660 g/mol. The van der Waals surface area contributed by atoms with Crippen LogP contribution in [-0.4, -0.2) is 11.7 Å². The molecule has 0 amide bonds. The van der Waals surface area contributed by atoms with Crippen molar-refractivity contribution in [3.05, 3.63) is 180 Å².